The Morgan fingerprint density at radius 1 is 0.346 bits per heavy atom. The lowest BCUT2D eigenvalue weighted by Gasteiger charge is -2.14. The zero-order valence-corrected chi connectivity index (χ0v) is 28.2. The van der Waals surface area contributed by atoms with Gasteiger partial charge >= 0.3 is 0 Å². The Morgan fingerprint density at radius 3 is 1.65 bits per heavy atom. The topological polar surface area (TPSA) is 30.1 Å². The van der Waals surface area contributed by atoms with E-state index >= 15 is 0 Å². The van der Waals surface area contributed by atoms with Crippen molar-refractivity contribution in [1.82, 2.24) is 9.97 Å². The first-order valence-electron chi connectivity index (χ1n) is 17.3. The largest absolute Gasteiger partial charge is 0.238 e. The minimum absolute atomic E-state index is 0.644. The summed E-state index contributed by atoms with van der Waals surface area (Å²) in [4.78, 5) is 13.6. The van der Waals surface area contributed by atoms with Gasteiger partial charge in [-0.25, -0.2) is 14.8 Å². The number of hydrogen-bond acceptors (Lipinski definition) is 2. The van der Waals surface area contributed by atoms with E-state index < -0.39 is 0 Å². The van der Waals surface area contributed by atoms with Crippen LogP contribution in [0.25, 0.3) is 93.7 Å². The average molecular weight is 662 g/mol. The van der Waals surface area contributed by atoms with Crippen LogP contribution in [0.2, 0.25) is 0 Å². The fraction of sp³-hybridized carbons (Fsp3) is 0. The molecule has 8 aromatic carbocycles. The predicted molar refractivity (Wildman–Crippen MR) is 216 cm³/mol. The maximum Gasteiger partial charge on any atom is 0.187 e. The SMILES string of the molecule is [C-]#[N+]c1ccc(-c2cc(-c3ccc4cccc(-c5ccc(-c6cc(-c7ccccc7)nc(-c7ccccc7)n6)cc5)c4c3)cc3ccccc23)cc1. The van der Waals surface area contributed by atoms with Crippen LogP contribution in [0.15, 0.2) is 188 Å². The summed E-state index contributed by atoms with van der Waals surface area (Å²) in [6, 6.07) is 65.5. The molecule has 0 aliphatic rings. The highest BCUT2D eigenvalue weighted by Crippen LogP contribution is 2.38. The summed E-state index contributed by atoms with van der Waals surface area (Å²) >= 11 is 0. The lowest BCUT2D eigenvalue weighted by Crippen LogP contribution is -1.95. The third-order valence-corrected chi connectivity index (χ3v) is 9.70. The molecule has 0 unspecified atom stereocenters. The summed E-state index contributed by atoms with van der Waals surface area (Å²) in [6.45, 7) is 7.39. The molecule has 0 saturated carbocycles. The number of benzene rings is 8. The van der Waals surface area contributed by atoms with Gasteiger partial charge in [0.05, 0.1) is 18.0 Å². The Hall–Kier alpha value is -7.15. The molecule has 0 spiro atoms. The highest BCUT2D eigenvalue weighted by atomic mass is 14.9. The lowest BCUT2D eigenvalue weighted by molar-refractivity contribution is 1.18. The first-order chi connectivity index (χ1) is 25.7. The van der Waals surface area contributed by atoms with Gasteiger partial charge in [0.2, 0.25) is 0 Å². The molecule has 0 atom stereocenters. The molecule has 0 aliphatic carbocycles. The molecule has 0 N–H and O–H groups in total. The van der Waals surface area contributed by atoms with E-state index in [1.165, 1.54) is 27.1 Å². The van der Waals surface area contributed by atoms with Gasteiger partial charge in [0.25, 0.3) is 0 Å². The summed E-state index contributed by atoms with van der Waals surface area (Å²) < 4.78 is 0. The Balaban J connectivity index is 1.12. The Bertz CT molecular complexity index is 2710. The summed E-state index contributed by atoms with van der Waals surface area (Å²) in [6.07, 6.45) is 0. The van der Waals surface area contributed by atoms with Gasteiger partial charge in [-0.05, 0) is 79.2 Å². The molecule has 0 aliphatic heterocycles. The van der Waals surface area contributed by atoms with Crippen LogP contribution in [0.4, 0.5) is 5.69 Å². The Morgan fingerprint density at radius 2 is 0.923 bits per heavy atom. The molecule has 0 radical (unpaired) electrons. The van der Waals surface area contributed by atoms with E-state index in [9.17, 15) is 0 Å². The fourth-order valence-electron chi connectivity index (χ4n) is 7.02. The molecule has 52 heavy (non-hydrogen) atoms. The van der Waals surface area contributed by atoms with Gasteiger partial charge in [0.15, 0.2) is 11.5 Å². The lowest BCUT2D eigenvalue weighted by atomic mass is 9.91. The van der Waals surface area contributed by atoms with E-state index in [4.69, 9.17) is 16.5 Å². The molecular weight excluding hydrogens is 631 g/mol. The van der Waals surface area contributed by atoms with Crippen LogP contribution in [-0.2, 0) is 0 Å². The summed E-state index contributed by atoms with van der Waals surface area (Å²) in [5, 5.41) is 4.77. The first kappa shape index (κ1) is 30.9. The molecule has 9 rings (SSSR count). The third kappa shape index (κ3) is 5.89. The molecule has 3 heteroatoms. The second kappa shape index (κ2) is 13.3. The van der Waals surface area contributed by atoms with Crippen molar-refractivity contribution < 1.29 is 0 Å². The molecule has 1 aromatic heterocycles. The van der Waals surface area contributed by atoms with Gasteiger partial charge in [-0.3, -0.25) is 0 Å². The van der Waals surface area contributed by atoms with Gasteiger partial charge in [-0.1, -0.05) is 164 Å². The minimum atomic E-state index is 0.644. The van der Waals surface area contributed by atoms with Crippen molar-refractivity contribution in [2.75, 3.05) is 0 Å². The molecule has 9 aromatic rings. The zero-order valence-electron chi connectivity index (χ0n) is 28.2. The molecule has 1 heterocycles. The van der Waals surface area contributed by atoms with E-state index in [0.717, 1.165) is 55.9 Å². The molecule has 242 valence electrons. The smallest absolute Gasteiger partial charge is 0.187 e. The maximum absolute atomic E-state index is 7.39. The number of aromatic nitrogens is 2. The van der Waals surface area contributed by atoms with Crippen LogP contribution in [0.5, 0.6) is 0 Å². The number of nitrogens with zero attached hydrogens (tertiary/aromatic N) is 3. The maximum atomic E-state index is 7.39. The number of rotatable bonds is 6. The van der Waals surface area contributed by atoms with Gasteiger partial charge in [0, 0.05) is 16.7 Å². The van der Waals surface area contributed by atoms with E-state index in [2.05, 4.69) is 132 Å². The van der Waals surface area contributed by atoms with Gasteiger partial charge in [-0.15, -0.1) is 0 Å². The normalized spacial score (nSPS) is 11.1. The van der Waals surface area contributed by atoms with E-state index in [1.54, 1.807) is 0 Å². The van der Waals surface area contributed by atoms with Crippen molar-refractivity contribution in [1.29, 1.82) is 0 Å². The van der Waals surface area contributed by atoms with Crippen LogP contribution < -0.4 is 0 Å². The van der Waals surface area contributed by atoms with Crippen molar-refractivity contribution in [2.24, 2.45) is 0 Å². The predicted octanol–water partition coefficient (Wildman–Crippen LogP) is 13.3. The van der Waals surface area contributed by atoms with E-state index in [0.29, 0.717) is 11.5 Å². The molecule has 0 fully saturated rings. The summed E-state index contributed by atoms with van der Waals surface area (Å²) in [5.74, 6) is 0.708. The van der Waals surface area contributed by atoms with Crippen molar-refractivity contribution in [2.45, 2.75) is 0 Å². The molecule has 3 nitrogen and oxygen atoms in total. The van der Waals surface area contributed by atoms with Crippen LogP contribution in [0, 0.1) is 6.57 Å². The highest BCUT2D eigenvalue weighted by Gasteiger charge is 2.13. The van der Waals surface area contributed by atoms with Gasteiger partial charge in [-0.2, -0.15) is 0 Å². The van der Waals surface area contributed by atoms with Gasteiger partial charge < -0.3 is 0 Å². The highest BCUT2D eigenvalue weighted by molar-refractivity contribution is 6.03. The van der Waals surface area contributed by atoms with Crippen molar-refractivity contribution in [3.63, 3.8) is 0 Å². The van der Waals surface area contributed by atoms with Crippen LogP contribution in [-0.4, -0.2) is 9.97 Å². The second-order valence-corrected chi connectivity index (χ2v) is 12.9. The van der Waals surface area contributed by atoms with Crippen molar-refractivity contribution in [3.05, 3.63) is 199 Å². The first-order valence-corrected chi connectivity index (χ1v) is 17.3. The van der Waals surface area contributed by atoms with Gasteiger partial charge in [0.1, 0.15) is 0 Å². The number of hydrogen-bond donors (Lipinski definition) is 0. The summed E-state index contributed by atoms with van der Waals surface area (Å²) in [7, 11) is 0. The fourth-order valence-corrected chi connectivity index (χ4v) is 7.02. The third-order valence-electron chi connectivity index (χ3n) is 9.70. The van der Waals surface area contributed by atoms with E-state index in [1.807, 2.05) is 60.7 Å². The van der Waals surface area contributed by atoms with Crippen molar-refractivity contribution in [3.8, 4) is 67.3 Å². The van der Waals surface area contributed by atoms with Crippen LogP contribution in [0.1, 0.15) is 0 Å². The molecule has 0 saturated heterocycles. The molecular formula is C49H31N3. The van der Waals surface area contributed by atoms with E-state index in [-0.39, 0.29) is 0 Å². The van der Waals surface area contributed by atoms with Crippen LogP contribution >= 0.6 is 0 Å². The number of fused-ring (bicyclic) bond motifs is 2. The minimum Gasteiger partial charge on any atom is -0.238 e. The monoisotopic (exact) mass is 661 g/mol. The standard InChI is InChI=1S/C49H31N3/c1-50-42-27-25-35(26-28-42)46-31-41(29-40-15-8-9-17-44(40)46)39-24-21-33-16-10-18-43(45(33)30-39)34-19-22-37(23-20-34)48-32-47(36-11-4-2-5-12-36)51-49(52-48)38-13-6-3-7-14-38/h2-32H. The van der Waals surface area contributed by atoms with Crippen molar-refractivity contribution >= 4 is 27.2 Å². The summed E-state index contributed by atoms with van der Waals surface area (Å²) in [5.41, 5.74) is 12.4. The molecule has 0 amide bonds. The molecule has 0 bridgehead atoms. The Kier molecular flexibility index (Phi) is 7.89. The quantitative estimate of drug-likeness (QED) is 0.166. The second-order valence-electron chi connectivity index (χ2n) is 12.9. The Labute approximate surface area is 303 Å². The average Bonchev–Trinajstić information content (AvgIpc) is 3.23. The zero-order chi connectivity index (χ0) is 34.9. The van der Waals surface area contributed by atoms with Crippen LogP contribution in [0.3, 0.4) is 0 Å².